The van der Waals surface area contributed by atoms with Gasteiger partial charge in [-0.1, -0.05) is 35.9 Å². The lowest BCUT2D eigenvalue weighted by Crippen LogP contribution is -2.43. The molecule has 33 heavy (non-hydrogen) atoms. The van der Waals surface area contributed by atoms with Crippen molar-refractivity contribution in [2.24, 2.45) is 0 Å². The van der Waals surface area contributed by atoms with Gasteiger partial charge in [-0.3, -0.25) is 19.8 Å². The molecule has 1 aliphatic heterocycles. The zero-order valence-corrected chi connectivity index (χ0v) is 19.7. The van der Waals surface area contributed by atoms with Gasteiger partial charge in [0.1, 0.15) is 10.0 Å². The van der Waals surface area contributed by atoms with Gasteiger partial charge in [-0.25, -0.2) is 4.98 Å². The Hall–Kier alpha value is -2.85. The number of anilines is 1. The SMILES string of the molecule is CN1CCN(Cc2ccc(-c3nc(CC(=O)Nc4ccc(Cl)c([N+](=O)[O-])c4)cs3)cc2)CC1. The number of amides is 1. The van der Waals surface area contributed by atoms with E-state index in [0.717, 1.165) is 43.3 Å². The number of nitro groups is 1. The topological polar surface area (TPSA) is 91.6 Å². The van der Waals surface area contributed by atoms with E-state index in [1.165, 1.54) is 35.1 Å². The maximum atomic E-state index is 12.4. The van der Waals surface area contributed by atoms with Crippen LogP contribution in [-0.2, 0) is 17.8 Å². The summed E-state index contributed by atoms with van der Waals surface area (Å²) in [6.45, 7) is 5.31. The summed E-state index contributed by atoms with van der Waals surface area (Å²) < 4.78 is 0. The Morgan fingerprint density at radius 3 is 2.61 bits per heavy atom. The summed E-state index contributed by atoms with van der Waals surface area (Å²) in [6.07, 6.45) is 0.0778. The van der Waals surface area contributed by atoms with Crippen LogP contribution in [0.25, 0.3) is 10.6 Å². The fourth-order valence-corrected chi connectivity index (χ4v) is 4.65. The second-order valence-corrected chi connectivity index (χ2v) is 9.33. The number of carbonyl (C=O) groups excluding carboxylic acids is 1. The summed E-state index contributed by atoms with van der Waals surface area (Å²) in [4.78, 5) is 32.2. The van der Waals surface area contributed by atoms with Crippen LogP contribution in [0.3, 0.4) is 0 Å². The molecule has 172 valence electrons. The first kappa shape index (κ1) is 23.3. The maximum Gasteiger partial charge on any atom is 0.289 e. The molecule has 0 spiro atoms. The van der Waals surface area contributed by atoms with Crippen LogP contribution in [0.1, 0.15) is 11.3 Å². The number of nitrogens with zero attached hydrogens (tertiary/aromatic N) is 4. The lowest BCUT2D eigenvalue weighted by Gasteiger charge is -2.32. The van der Waals surface area contributed by atoms with Crippen LogP contribution in [-0.4, -0.2) is 58.8 Å². The third-order valence-corrected chi connectivity index (χ3v) is 6.78. The number of carbonyl (C=O) groups is 1. The molecule has 2 aromatic carbocycles. The first-order valence-corrected chi connectivity index (χ1v) is 11.8. The summed E-state index contributed by atoms with van der Waals surface area (Å²) in [5.74, 6) is -0.300. The monoisotopic (exact) mass is 485 g/mol. The second kappa shape index (κ2) is 10.4. The Balaban J connectivity index is 1.34. The minimum Gasteiger partial charge on any atom is -0.325 e. The molecule has 1 amide bonds. The minimum atomic E-state index is -0.582. The molecule has 0 atom stereocenters. The van der Waals surface area contributed by atoms with Gasteiger partial charge in [-0.15, -0.1) is 11.3 Å². The highest BCUT2D eigenvalue weighted by atomic mass is 35.5. The molecular formula is C23H24ClN5O3S. The lowest BCUT2D eigenvalue weighted by atomic mass is 10.1. The van der Waals surface area contributed by atoms with Crippen molar-refractivity contribution in [2.45, 2.75) is 13.0 Å². The van der Waals surface area contributed by atoms with Crippen molar-refractivity contribution in [1.29, 1.82) is 0 Å². The van der Waals surface area contributed by atoms with E-state index in [1.807, 2.05) is 5.38 Å². The number of thiazole rings is 1. The largest absolute Gasteiger partial charge is 0.325 e. The van der Waals surface area contributed by atoms with Crippen LogP contribution in [0.4, 0.5) is 11.4 Å². The fourth-order valence-electron chi connectivity index (χ4n) is 3.64. The second-order valence-electron chi connectivity index (χ2n) is 8.07. The molecule has 1 N–H and O–H groups in total. The molecule has 4 rings (SSSR count). The predicted molar refractivity (Wildman–Crippen MR) is 131 cm³/mol. The molecule has 0 unspecified atom stereocenters. The van der Waals surface area contributed by atoms with E-state index >= 15 is 0 Å². The van der Waals surface area contributed by atoms with Crippen molar-refractivity contribution in [3.63, 3.8) is 0 Å². The summed E-state index contributed by atoms with van der Waals surface area (Å²) in [5, 5.41) is 16.4. The summed E-state index contributed by atoms with van der Waals surface area (Å²) in [7, 11) is 2.15. The molecule has 3 aromatic rings. The highest BCUT2D eigenvalue weighted by molar-refractivity contribution is 7.13. The number of hydrogen-bond donors (Lipinski definition) is 1. The van der Waals surface area contributed by atoms with E-state index in [1.54, 1.807) is 0 Å². The summed E-state index contributed by atoms with van der Waals surface area (Å²) >= 11 is 7.30. The van der Waals surface area contributed by atoms with Crippen LogP contribution in [0, 0.1) is 10.1 Å². The van der Waals surface area contributed by atoms with Gasteiger partial charge in [0.25, 0.3) is 5.69 Å². The quantitative estimate of drug-likeness (QED) is 0.396. The van der Waals surface area contributed by atoms with E-state index in [-0.39, 0.29) is 23.0 Å². The molecule has 0 bridgehead atoms. The highest BCUT2D eigenvalue weighted by Gasteiger charge is 2.16. The van der Waals surface area contributed by atoms with Gasteiger partial charge in [-0.05, 0) is 24.7 Å². The Morgan fingerprint density at radius 2 is 1.91 bits per heavy atom. The molecule has 2 heterocycles. The van der Waals surface area contributed by atoms with Gasteiger partial charge in [0.15, 0.2) is 0 Å². The number of halogens is 1. The first-order valence-electron chi connectivity index (χ1n) is 10.6. The number of piperazine rings is 1. The smallest absolute Gasteiger partial charge is 0.289 e. The van der Waals surface area contributed by atoms with Crippen LogP contribution in [0.2, 0.25) is 5.02 Å². The first-order chi connectivity index (χ1) is 15.9. The fraction of sp³-hybridized carbons (Fsp3) is 0.304. The number of hydrogen-bond acceptors (Lipinski definition) is 7. The lowest BCUT2D eigenvalue weighted by molar-refractivity contribution is -0.384. The van der Waals surface area contributed by atoms with Crippen molar-refractivity contribution in [3.05, 3.63) is 74.2 Å². The standard InChI is InChI=1S/C23H24ClN5O3S/c1-27-8-10-28(11-9-27)14-16-2-4-17(5-3-16)23-26-19(15-33-23)13-22(30)25-18-6-7-20(24)21(12-18)29(31)32/h2-7,12,15H,8-11,13-14H2,1H3,(H,25,30). The number of benzene rings is 2. The van der Waals surface area contributed by atoms with Gasteiger partial charge in [0.05, 0.1) is 17.0 Å². The molecule has 8 nitrogen and oxygen atoms in total. The number of nitrogens with one attached hydrogen (secondary N) is 1. The molecule has 1 fully saturated rings. The third-order valence-electron chi connectivity index (χ3n) is 5.52. The number of likely N-dealkylation sites (N-methyl/N-ethyl adjacent to an activating group) is 1. The van der Waals surface area contributed by atoms with E-state index in [2.05, 4.69) is 51.4 Å². The summed E-state index contributed by atoms with van der Waals surface area (Å²) in [5.41, 5.74) is 3.01. The van der Waals surface area contributed by atoms with Crippen molar-refractivity contribution in [1.82, 2.24) is 14.8 Å². The van der Waals surface area contributed by atoms with Crippen LogP contribution < -0.4 is 5.32 Å². The Bertz CT molecular complexity index is 1140. The van der Waals surface area contributed by atoms with Gasteiger partial charge < -0.3 is 10.2 Å². The number of nitro benzene ring substituents is 1. The summed E-state index contributed by atoms with van der Waals surface area (Å²) in [6, 6.07) is 12.6. The van der Waals surface area contributed by atoms with Crippen LogP contribution in [0.5, 0.6) is 0 Å². The maximum absolute atomic E-state index is 12.4. The average molecular weight is 486 g/mol. The molecule has 10 heteroatoms. The van der Waals surface area contributed by atoms with Crippen molar-refractivity contribution in [2.75, 3.05) is 38.5 Å². The van der Waals surface area contributed by atoms with Crippen molar-refractivity contribution in [3.8, 4) is 10.6 Å². The van der Waals surface area contributed by atoms with Gasteiger partial charge in [0.2, 0.25) is 5.91 Å². The van der Waals surface area contributed by atoms with Crippen molar-refractivity contribution < 1.29 is 9.72 Å². The molecule has 0 aliphatic carbocycles. The Labute approximate surface area is 201 Å². The Kier molecular flexibility index (Phi) is 7.34. The average Bonchev–Trinajstić information content (AvgIpc) is 3.25. The molecule has 1 saturated heterocycles. The van der Waals surface area contributed by atoms with E-state index in [9.17, 15) is 14.9 Å². The molecule has 1 aliphatic rings. The van der Waals surface area contributed by atoms with E-state index in [4.69, 9.17) is 11.6 Å². The van der Waals surface area contributed by atoms with E-state index in [0.29, 0.717) is 11.4 Å². The zero-order valence-electron chi connectivity index (χ0n) is 18.2. The van der Waals surface area contributed by atoms with Crippen molar-refractivity contribution >= 4 is 40.2 Å². The van der Waals surface area contributed by atoms with E-state index < -0.39 is 4.92 Å². The van der Waals surface area contributed by atoms with Gasteiger partial charge in [-0.2, -0.15) is 0 Å². The van der Waals surface area contributed by atoms with Gasteiger partial charge in [0, 0.05) is 55.4 Å². The third kappa shape index (κ3) is 6.14. The Morgan fingerprint density at radius 1 is 1.18 bits per heavy atom. The molecule has 0 saturated carbocycles. The molecular weight excluding hydrogens is 462 g/mol. The number of aromatic nitrogens is 1. The van der Waals surface area contributed by atoms with Gasteiger partial charge >= 0.3 is 0 Å². The number of rotatable bonds is 7. The molecule has 1 aromatic heterocycles. The minimum absolute atomic E-state index is 0.0247. The normalized spacial score (nSPS) is 14.8. The predicted octanol–water partition coefficient (Wildman–Crippen LogP) is 4.30. The molecule has 0 radical (unpaired) electrons. The van der Waals surface area contributed by atoms with Crippen LogP contribution in [0.15, 0.2) is 47.8 Å². The highest BCUT2D eigenvalue weighted by Crippen LogP contribution is 2.28. The van der Waals surface area contributed by atoms with Crippen LogP contribution >= 0.6 is 22.9 Å². The zero-order chi connectivity index (χ0) is 23.4.